The summed E-state index contributed by atoms with van der Waals surface area (Å²) < 4.78 is 0.796. The summed E-state index contributed by atoms with van der Waals surface area (Å²) in [5.41, 5.74) is 2.24. The van der Waals surface area contributed by atoms with Crippen molar-refractivity contribution in [2.45, 2.75) is 11.3 Å². The number of carbonyl (C=O) groups is 1. The van der Waals surface area contributed by atoms with E-state index in [1.165, 1.54) is 23.1 Å². The van der Waals surface area contributed by atoms with Crippen molar-refractivity contribution in [2.24, 2.45) is 10.2 Å². The molecule has 1 amide bonds. The summed E-state index contributed by atoms with van der Waals surface area (Å²) in [4.78, 5) is 12.0. The molecule has 2 aromatic carbocycles. The van der Waals surface area contributed by atoms with Crippen molar-refractivity contribution in [2.75, 3.05) is 11.1 Å². The third-order valence-corrected chi connectivity index (χ3v) is 4.99. The number of rotatable bonds is 6. The van der Waals surface area contributed by atoms with Gasteiger partial charge in [0.2, 0.25) is 5.91 Å². The Kier molecular flexibility index (Phi) is 5.86. The first kappa shape index (κ1) is 17.2. The highest BCUT2D eigenvalue weighted by Crippen LogP contribution is 2.23. The van der Waals surface area contributed by atoms with Crippen LogP contribution in [-0.4, -0.2) is 21.9 Å². The van der Waals surface area contributed by atoms with Crippen LogP contribution in [0.25, 0.3) is 0 Å². The summed E-state index contributed by atoms with van der Waals surface area (Å²) in [6.45, 7) is 1.89. The van der Waals surface area contributed by atoms with Gasteiger partial charge in [-0.15, -0.1) is 10.2 Å². The lowest BCUT2D eigenvalue weighted by atomic mass is 10.3. The van der Waals surface area contributed by atoms with E-state index in [-0.39, 0.29) is 5.91 Å². The molecule has 0 saturated heterocycles. The van der Waals surface area contributed by atoms with E-state index in [2.05, 4.69) is 25.7 Å². The minimum absolute atomic E-state index is 0.0866. The quantitative estimate of drug-likeness (QED) is 0.490. The lowest BCUT2D eigenvalue weighted by Gasteiger charge is -2.04. The summed E-state index contributed by atoms with van der Waals surface area (Å²) in [6, 6.07) is 16.7. The molecule has 8 heteroatoms. The highest BCUT2D eigenvalue weighted by molar-refractivity contribution is 8.01. The van der Waals surface area contributed by atoms with Gasteiger partial charge < -0.3 is 5.32 Å². The first-order valence-corrected chi connectivity index (χ1v) is 9.29. The molecule has 6 nitrogen and oxygen atoms in total. The van der Waals surface area contributed by atoms with E-state index < -0.39 is 0 Å². The summed E-state index contributed by atoms with van der Waals surface area (Å²) in [5, 5.41) is 20.0. The molecule has 0 spiro atoms. The number of aryl methyl sites for hydroxylation is 1. The summed E-state index contributed by atoms with van der Waals surface area (Å²) >= 11 is 2.86. The van der Waals surface area contributed by atoms with Gasteiger partial charge in [-0.25, -0.2) is 0 Å². The fraction of sp³-hybridized carbons (Fsp3) is 0.118. The highest BCUT2D eigenvalue weighted by Gasteiger charge is 2.07. The highest BCUT2D eigenvalue weighted by atomic mass is 32.2. The molecule has 0 aliphatic carbocycles. The summed E-state index contributed by atoms with van der Waals surface area (Å²) in [6.07, 6.45) is 0. The molecule has 0 atom stereocenters. The van der Waals surface area contributed by atoms with Crippen LogP contribution in [0.4, 0.5) is 17.1 Å². The first-order chi connectivity index (χ1) is 12.2. The van der Waals surface area contributed by atoms with Crippen molar-refractivity contribution in [3.05, 3.63) is 59.6 Å². The molecule has 0 fully saturated rings. The number of amides is 1. The smallest absolute Gasteiger partial charge is 0.234 e. The van der Waals surface area contributed by atoms with Gasteiger partial charge in [-0.05, 0) is 43.3 Å². The first-order valence-electron chi connectivity index (χ1n) is 7.49. The minimum Gasteiger partial charge on any atom is -0.325 e. The molecule has 1 heterocycles. The van der Waals surface area contributed by atoms with Crippen LogP contribution in [0.1, 0.15) is 5.01 Å². The maximum atomic E-state index is 12.0. The number of carbonyl (C=O) groups excluding carboxylic acids is 1. The van der Waals surface area contributed by atoms with Crippen LogP contribution in [0.2, 0.25) is 0 Å². The largest absolute Gasteiger partial charge is 0.325 e. The van der Waals surface area contributed by atoms with Gasteiger partial charge >= 0.3 is 0 Å². The molecule has 1 N–H and O–H groups in total. The Hall–Kier alpha value is -2.58. The van der Waals surface area contributed by atoms with Crippen molar-refractivity contribution in [3.63, 3.8) is 0 Å². The fourth-order valence-corrected chi connectivity index (χ4v) is 3.50. The number of nitrogens with one attached hydrogen (secondary N) is 1. The van der Waals surface area contributed by atoms with E-state index in [9.17, 15) is 4.79 Å². The zero-order valence-electron chi connectivity index (χ0n) is 13.4. The zero-order chi connectivity index (χ0) is 17.5. The van der Waals surface area contributed by atoms with Gasteiger partial charge in [0.1, 0.15) is 5.01 Å². The van der Waals surface area contributed by atoms with Crippen molar-refractivity contribution in [1.82, 2.24) is 10.2 Å². The van der Waals surface area contributed by atoms with Crippen LogP contribution < -0.4 is 5.32 Å². The lowest BCUT2D eigenvalue weighted by molar-refractivity contribution is -0.113. The second-order valence-corrected chi connectivity index (χ2v) is 7.41. The second kappa shape index (κ2) is 8.50. The Bertz CT molecular complexity index is 862. The molecular weight excluding hydrogens is 354 g/mol. The van der Waals surface area contributed by atoms with Gasteiger partial charge in [0.15, 0.2) is 4.34 Å². The van der Waals surface area contributed by atoms with Crippen molar-refractivity contribution >= 4 is 46.1 Å². The lowest BCUT2D eigenvalue weighted by Crippen LogP contribution is -2.13. The topological polar surface area (TPSA) is 79.6 Å². The Morgan fingerprint density at radius 3 is 2.36 bits per heavy atom. The minimum atomic E-state index is -0.0866. The van der Waals surface area contributed by atoms with Crippen LogP contribution in [0.3, 0.4) is 0 Å². The number of azo groups is 1. The number of hydrogen-bond donors (Lipinski definition) is 1. The van der Waals surface area contributed by atoms with Gasteiger partial charge in [0.05, 0.1) is 17.1 Å². The molecule has 0 bridgehead atoms. The molecule has 0 saturated carbocycles. The molecule has 3 aromatic rings. The molecular formula is C17H15N5OS2. The Morgan fingerprint density at radius 1 is 1.04 bits per heavy atom. The van der Waals surface area contributed by atoms with E-state index in [4.69, 9.17) is 0 Å². The number of hydrogen-bond acceptors (Lipinski definition) is 7. The van der Waals surface area contributed by atoms with E-state index >= 15 is 0 Å². The standard InChI is InChI=1S/C17H15N5OS2/c1-12-19-22-17(25-12)24-11-16(23)18-13-7-9-15(10-8-13)21-20-14-5-3-2-4-6-14/h2-10H,11H2,1H3,(H,18,23). The predicted octanol–water partition coefficient (Wildman–Crippen LogP) is 4.99. The van der Waals surface area contributed by atoms with Crippen molar-refractivity contribution in [1.29, 1.82) is 0 Å². The van der Waals surface area contributed by atoms with Crippen LogP contribution in [0.5, 0.6) is 0 Å². The van der Waals surface area contributed by atoms with Gasteiger partial charge in [-0.1, -0.05) is 41.3 Å². The average Bonchev–Trinajstić information content (AvgIpc) is 3.06. The SMILES string of the molecule is Cc1nnc(SCC(=O)Nc2ccc(N=Nc3ccccc3)cc2)s1. The maximum absolute atomic E-state index is 12.0. The average molecular weight is 369 g/mol. The molecule has 25 heavy (non-hydrogen) atoms. The number of nitrogens with zero attached hydrogens (tertiary/aromatic N) is 4. The molecule has 1 aromatic heterocycles. The maximum Gasteiger partial charge on any atom is 0.234 e. The van der Waals surface area contributed by atoms with Crippen LogP contribution in [-0.2, 0) is 4.79 Å². The van der Waals surface area contributed by atoms with Crippen LogP contribution in [0, 0.1) is 6.92 Å². The molecule has 0 aliphatic heterocycles. The third kappa shape index (κ3) is 5.47. The van der Waals surface area contributed by atoms with Crippen molar-refractivity contribution < 1.29 is 4.79 Å². The van der Waals surface area contributed by atoms with E-state index in [0.29, 0.717) is 5.75 Å². The predicted molar refractivity (Wildman–Crippen MR) is 101 cm³/mol. The van der Waals surface area contributed by atoms with E-state index in [1.807, 2.05) is 49.4 Å². The van der Waals surface area contributed by atoms with Gasteiger partial charge in [-0.3, -0.25) is 4.79 Å². The van der Waals surface area contributed by atoms with E-state index in [0.717, 1.165) is 26.4 Å². The summed E-state index contributed by atoms with van der Waals surface area (Å²) in [7, 11) is 0. The zero-order valence-corrected chi connectivity index (χ0v) is 15.0. The number of benzene rings is 2. The Balaban J connectivity index is 1.51. The fourth-order valence-electron chi connectivity index (χ4n) is 1.88. The molecule has 0 radical (unpaired) electrons. The number of aromatic nitrogens is 2. The summed E-state index contributed by atoms with van der Waals surface area (Å²) in [5.74, 6) is 0.209. The molecule has 0 aliphatic rings. The monoisotopic (exact) mass is 369 g/mol. The van der Waals surface area contributed by atoms with Gasteiger partial charge in [0.25, 0.3) is 0 Å². The number of thioether (sulfide) groups is 1. The Morgan fingerprint density at radius 2 is 1.72 bits per heavy atom. The van der Waals surface area contributed by atoms with Gasteiger partial charge in [0, 0.05) is 5.69 Å². The van der Waals surface area contributed by atoms with Gasteiger partial charge in [-0.2, -0.15) is 10.2 Å². The Labute approximate surface area is 153 Å². The molecule has 0 unspecified atom stereocenters. The van der Waals surface area contributed by atoms with E-state index in [1.54, 1.807) is 12.1 Å². The molecule has 3 rings (SSSR count). The van der Waals surface area contributed by atoms with Crippen LogP contribution in [0.15, 0.2) is 69.2 Å². The second-order valence-electron chi connectivity index (χ2n) is 5.01. The number of anilines is 1. The third-order valence-electron chi connectivity index (χ3n) is 3.02. The normalized spacial score (nSPS) is 10.9. The van der Waals surface area contributed by atoms with Crippen molar-refractivity contribution in [3.8, 4) is 0 Å². The van der Waals surface area contributed by atoms with Crippen LogP contribution >= 0.6 is 23.1 Å². The molecule has 126 valence electrons.